The van der Waals surface area contributed by atoms with E-state index in [4.69, 9.17) is 16.7 Å². The molecule has 8 heavy (non-hydrogen) atoms. The topological polar surface area (TPSA) is 37.3 Å². The highest BCUT2D eigenvalue weighted by molar-refractivity contribution is 6.30. The normalized spacial score (nSPS) is 13.4. The summed E-state index contributed by atoms with van der Waals surface area (Å²) in [6, 6.07) is 0. The zero-order chi connectivity index (χ0) is 6.57. The third kappa shape index (κ3) is 2.99. The number of hydrogen-bond acceptors (Lipinski definition) is 2. The average Bonchev–Trinajstić information content (AvgIpc) is 1.67. The first-order valence-electron chi connectivity index (χ1n) is 2.44. The molecule has 0 aliphatic heterocycles. The number of halogens is 1. The Morgan fingerprint density at radius 1 is 1.88 bits per heavy atom. The van der Waals surface area contributed by atoms with Crippen LogP contribution in [0.25, 0.3) is 0 Å². The number of hydrogen-bond donors (Lipinski definition) is 1. The second-order valence-electron chi connectivity index (χ2n) is 1.59. The molecule has 1 atom stereocenters. The summed E-state index contributed by atoms with van der Waals surface area (Å²) in [5, 5.41) is 7.75. The summed E-state index contributed by atoms with van der Waals surface area (Å²) in [6.45, 7) is 1.39. The summed E-state index contributed by atoms with van der Waals surface area (Å²) in [4.78, 5) is 10.3. The number of aliphatic hydroxyl groups is 1. The molecule has 48 valence electrons. The van der Waals surface area contributed by atoms with Gasteiger partial charge < -0.3 is 5.11 Å². The third-order valence-corrected chi connectivity index (χ3v) is 1.35. The SMILES string of the molecule is CC(=O)C(Cl)CCO. The lowest BCUT2D eigenvalue weighted by atomic mass is 10.2. The van der Waals surface area contributed by atoms with E-state index in [-0.39, 0.29) is 12.4 Å². The molecule has 1 N–H and O–H groups in total. The molecule has 0 aromatic carbocycles. The van der Waals surface area contributed by atoms with E-state index in [0.717, 1.165) is 0 Å². The van der Waals surface area contributed by atoms with Crippen LogP contribution in [0.15, 0.2) is 0 Å². The molecule has 0 aliphatic rings. The van der Waals surface area contributed by atoms with Gasteiger partial charge in [-0.2, -0.15) is 0 Å². The first kappa shape index (κ1) is 7.92. The fourth-order valence-electron chi connectivity index (χ4n) is 0.317. The van der Waals surface area contributed by atoms with Gasteiger partial charge in [-0.1, -0.05) is 0 Å². The molecule has 0 aromatic heterocycles. The van der Waals surface area contributed by atoms with E-state index in [0.29, 0.717) is 6.42 Å². The van der Waals surface area contributed by atoms with Gasteiger partial charge in [-0.05, 0) is 13.3 Å². The Bertz CT molecular complexity index is 82.5. The standard InChI is InChI=1S/C5H9ClO2/c1-4(8)5(6)2-3-7/h5,7H,2-3H2,1H3. The zero-order valence-corrected chi connectivity index (χ0v) is 5.48. The second-order valence-corrected chi connectivity index (χ2v) is 2.12. The van der Waals surface area contributed by atoms with Crippen LogP contribution in [-0.4, -0.2) is 22.9 Å². The highest BCUT2D eigenvalue weighted by Gasteiger charge is 2.07. The number of aliphatic hydroxyl groups excluding tert-OH is 1. The Hall–Kier alpha value is -0.0800. The van der Waals surface area contributed by atoms with Crippen molar-refractivity contribution in [2.75, 3.05) is 6.61 Å². The first-order valence-corrected chi connectivity index (χ1v) is 2.87. The molecule has 3 heteroatoms. The maximum absolute atomic E-state index is 10.3. The van der Waals surface area contributed by atoms with Crippen LogP contribution in [0, 0.1) is 0 Å². The smallest absolute Gasteiger partial charge is 0.147 e. The Morgan fingerprint density at radius 3 is 2.50 bits per heavy atom. The van der Waals surface area contributed by atoms with E-state index in [1.54, 1.807) is 0 Å². The molecular formula is C5H9ClO2. The molecule has 0 amide bonds. The Labute approximate surface area is 53.5 Å². The highest BCUT2D eigenvalue weighted by Crippen LogP contribution is 2.00. The first-order chi connectivity index (χ1) is 3.68. The molecule has 0 saturated carbocycles. The van der Waals surface area contributed by atoms with Crippen LogP contribution in [0.3, 0.4) is 0 Å². The van der Waals surface area contributed by atoms with Crippen LogP contribution < -0.4 is 0 Å². The van der Waals surface area contributed by atoms with Crippen molar-refractivity contribution in [3.05, 3.63) is 0 Å². The molecule has 0 radical (unpaired) electrons. The number of alkyl halides is 1. The van der Waals surface area contributed by atoms with Crippen molar-refractivity contribution in [3.63, 3.8) is 0 Å². The van der Waals surface area contributed by atoms with Crippen molar-refractivity contribution >= 4 is 17.4 Å². The van der Waals surface area contributed by atoms with Gasteiger partial charge in [-0.3, -0.25) is 4.79 Å². The van der Waals surface area contributed by atoms with Crippen LogP contribution in [0.4, 0.5) is 0 Å². The zero-order valence-electron chi connectivity index (χ0n) is 4.72. The Kier molecular flexibility index (Phi) is 3.83. The van der Waals surface area contributed by atoms with Crippen LogP contribution in [0.2, 0.25) is 0 Å². The predicted molar refractivity (Wildman–Crippen MR) is 32.0 cm³/mol. The Morgan fingerprint density at radius 2 is 2.38 bits per heavy atom. The maximum atomic E-state index is 10.3. The summed E-state index contributed by atoms with van der Waals surface area (Å²) in [5.74, 6) is -0.0827. The van der Waals surface area contributed by atoms with Crippen LogP contribution in [0.5, 0.6) is 0 Å². The van der Waals surface area contributed by atoms with Gasteiger partial charge in [0.2, 0.25) is 0 Å². The molecule has 0 aliphatic carbocycles. The van der Waals surface area contributed by atoms with Gasteiger partial charge in [0.1, 0.15) is 5.78 Å². The molecule has 2 nitrogen and oxygen atoms in total. The number of carbonyl (C=O) groups is 1. The molecule has 0 spiro atoms. The number of carbonyl (C=O) groups excluding carboxylic acids is 1. The molecule has 1 unspecified atom stereocenters. The van der Waals surface area contributed by atoms with Crippen molar-refractivity contribution in [1.82, 2.24) is 0 Å². The van der Waals surface area contributed by atoms with Crippen molar-refractivity contribution in [2.45, 2.75) is 18.7 Å². The van der Waals surface area contributed by atoms with Crippen molar-refractivity contribution in [2.24, 2.45) is 0 Å². The monoisotopic (exact) mass is 136 g/mol. The van der Waals surface area contributed by atoms with E-state index in [1.807, 2.05) is 0 Å². The summed E-state index contributed by atoms with van der Waals surface area (Å²) < 4.78 is 0. The van der Waals surface area contributed by atoms with Crippen molar-refractivity contribution in [3.8, 4) is 0 Å². The molecule has 0 fully saturated rings. The van der Waals surface area contributed by atoms with Gasteiger partial charge in [0.15, 0.2) is 0 Å². The maximum Gasteiger partial charge on any atom is 0.147 e. The molecule has 0 aromatic rings. The van der Waals surface area contributed by atoms with E-state index in [1.165, 1.54) is 6.92 Å². The molecule has 0 rings (SSSR count). The molecule has 0 bridgehead atoms. The van der Waals surface area contributed by atoms with Gasteiger partial charge in [0.25, 0.3) is 0 Å². The van der Waals surface area contributed by atoms with E-state index in [9.17, 15) is 4.79 Å². The van der Waals surface area contributed by atoms with Gasteiger partial charge in [-0.25, -0.2) is 0 Å². The van der Waals surface area contributed by atoms with E-state index < -0.39 is 5.38 Å². The lowest BCUT2D eigenvalue weighted by Gasteiger charge is -1.98. The molecule has 0 heterocycles. The summed E-state index contributed by atoms with van der Waals surface area (Å²) in [7, 11) is 0. The van der Waals surface area contributed by atoms with Crippen molar-refractivity contribution < 1.29 is 9.90 Å². The lowest BCUT2D eigenvalue weighted by molar-refractivity contribution is -0.116. The number of ketones is 1. The quantitative estimate of drug-likeness (QED) is 0.576. The largest absolute Gasteiger partial charge is 0.396 e. The molecule has 0 saturated heterocycles. The fourth-order valence-corrected chi connectivity index (χ4v) is 0.414. The third-order valence-electron chi connectivity index (χ3n) is 0.824. The minimum atomic E-state index is -0.500. The number of Topliss-reactive ketones (excluding diaryl/α,β-unsaturated/α-hetero) is 1. The highest BCUT2D eigenvalue weighted by atomic mass is 35.5. The Balaban J connectivity index is 3.32. The summed E-state index contributed by atoms with van der Waals surface area (Å²) in [6.07, 6.45) is 0.358. The van der Waals surface area contributed by atoms with Crippen LogP contribution in [-0.2, 0) is 4.79 Å². The van der Waals surface area contributed by atoms with Crippen LogP contribution >= 0.6 is 11.6 Å². The van der Waals surface area contributed by atoms with Gasteiger partial charge in [-0.15, -0.1) is 11.6 Å². The molecular weight excluding hydrogens is 128 g/mol. The minimum absolute atomic E-state index is 0.0201. The predicted octanol–water partition coefficient (Wildman–Crippen LogP) is 0.565. The van der Waals surface area contributed by atoms with Gasteiger partial charge in [0.05, 0.1) is 5.38 Å². The van der Waals surface area contributed by atoms with Crippen LogP contribution in [0.1, 0.15) is 13.3 Å². The summed E-state index contributed by atoms with van der Waals surface area (Å²) >= 11 is 5.41. The number of rotatable bonds is 3. The van der Waals surface area contributed by atoms with E-state index in [2.05, 4.69) is 0 Å². The average molecular weight is 137 g/mol. The minimum Gasteiger partial charge on any atom is -0.396 e. The van der Waals surface area contributed by atoms with Gasteiger partial charge >= 0.3 is 0 Å². The lowest BCUT2D eigenvalue weighted by Crippen LogP contribution is -2.11. The fraction of sp³-hybridized carbons (Fsp3) is 0.800. The summed E-state index contributed by atoms with van der Waals surface area (Å²) in [5.41, 5.74) is 0. The van der Waals surface area contributed by atoms with E-state index >= 15 is 0 Å². The second kappa shape index (κ2) is 3.87. The van der Waals surface area contributed by atoms with Gasteiger partial charge in [0, 0.05) is 6.61 Å². The van der Waals surface area contributed by atoms with Crippen molar-refractivity contribution in [1.29, 1.82) is 0 Å².